The van der Waals surface area contributed by atoms with Gasteiger partial charge in [-0.3, -0.25) is 9.59 Å². The van der Waals surface area contributed by atoms with Crippen LogP contribution in [-0.2, 0) is 16.0 Å². The van der Waals surface area contributed by atoms with Crippen LogP contribution < -0.4 is 10.2 Å². The maximum absolute atomic E-state index is 12.4. The summed E-state index contributed by atoms with van der Waals surface area (Å²) in [6, 6.07) is 13.6. The third kappa shape index (κ3) is 2.79. The normalized spacial score (nSPS) is 13.4. The van der Waals surface area contributed by atoms with Gasteiger partial charge in [-0.2, -0.15) is 0 Å². The smallest absolute Gasteiger partial charge is 0.316 e. The Morgan fingerprint density at radius 2 is 1.77 bits per heavy atom. The quantitative estimate of drug-likeness (QED) is 0.626. The number of aryl methyl sites for hydroxylation is 1. The van der Waals surface area contributed by atoms with Gasteiger partial charge < -0.3 is 15.3 Å². The molecule has 0 fully saturated rings. The van der Waals surface area contributed by atoms with Crippen molar-refractivity contribution in [1.29, 1.82) is 0 Å². The number of carbonyl (C=O) groups excluding carboxylic acids is 2. The van der Waals surface area contributed by atoms with Gasteiger partial charge in [0.2, 0.25) is 0 Å². The highest BCUT2D eigenvalue weighted by Crippen LogP contribution is 2.26. The Morgan fingerprint density at radius 1 is 1.05 bits per heavy atom. The highest BCUT2D eigenvalue weighted by Gasteiger charge is 2.27. The van der Waals surface area contributed by atoms with Crippen molar-refractivity contribution in [2.24, 2.45) is 0 Å². The molecule has 0 radical (unpaired) electrons. The minimum Gasteiger partial charge on any atom is -0.508 e. The summed E-state index contributed by atoms with van der Waals surface area (Å²) in [7, 11) is 0. The molecule has 0 aliphatic carbocycles. The summed E-state index contributed by atoms with van der Waals surface area (Å²) in [5.74, 6) is -1.14. The van der Waals surface area contributed by atoms with E-state index < -0.39 is 11.8 Å². The van der Waals surface area contributed by atoms with Crippen molar-refractivity contribution in [3.63, 3.8) is 0 Å². The summed E-state index contributed by atoms with van der Waals surface area (Å²) < 4.78 is 0. The van der Waals surface area contributed by atoms with Gasteiger partial charge in [0.15, 0.2) is 0 Å². The van der Waals surface area contributed by atoms with E-state index in [9.17, 15) is 14.7 Å². The van der Waals surface area contributed by atoms with Crippen molar-refractivity contribution in [2.75, 3.05) is 16.8 Å². The first kappa shape index (κ1) is 14.1. The van der Waals surface area contributed by atoms with Crippen LogP contribution in [0.2, 0.25) is 0 Å². The number of rotatable bonds is 1. The number of amides is 2. The van der Waals surface area contributed by atoms with Gasteiger partial charge in [0.05, 0.1) is 0 Å². The Balaban J connectivity index is 1.77. The summed E-state index contributed by atoms with van der Waals surface area (Å²) in [6.07, 6.45) is 1.76. The number of para-hydroxylation sites is 1. The molecule has 22 heavy (non-hydrogen) atoms. The van der Waals surface area contributed by atoms with Crippen molar-refractivity contribution >= 4 is 23.2 Å². The Hall–Kier alpha value is -2.82. The van der Waals surface area contributed by atoms with Gasteiger partial charge in [0.1, 0.15) is 5.75 Å². The molecule has 0 saturated carbocycles. The van der Waals surface area contributed by atoms with Gasteiger partial charge in [-0.05, 0) is 48.7 Å². The van der Waals surface area contributed by atoms with Crippen molar-refractivity contribution < 1.29 is 14.7 Å². The maximum atomic E-state index is 12.4. The van der Waals surface area contributed by atoms with E-state index >= 15 is 0 Å². The van der Waals surface area contributed by atoms with Crippen molar-refractivity contribution in [1.82, 2.24) is 0 Å². The zero-order valence-corrected chi connectivity index (χ0v) is 12.0. The van der Waals surface area contributed by atoms with Crippen LogP contribution in [-0.4, -0.2) is 23.5 Å². The van der Waals surface area contributed by atoms with Crippen LogP contribution in [0.25, 0.3) is 0 Å². The van der Waals surface area contributed by atoms with Crippen LogP contribution in [0.1, 0.15) is 12.0 Å². The number of phenolic OH excluding ortho intramolecular Hbond substituents is 1. The fourth-order valence-corrected chi connectivity index (χ4v) is 2.60. The van der Waals surface area contributed by atoms with Crippen molar-refractivity contribution in [3.8, 4) is 5.75 Å². The molecule has 5 heteroatoms. The number of phenols is 1. The van der Waals surface area contributed by atoms with Crippen LogP contribution in [0.3, 0.4) is 0 Å². The van der Waals surface area contributed by atoms with E-state index in [1.54, 1.807) is 12.1 Å². The Kier molecular flexibility index (Phi) is 3.78. The van der Waals surface area contributed by atoms with Gasteiger partial charge in [0, 0.05) is 17.9 Å². The van der Waals surface area contributed by atoms with Crippen LogP contribution in [0, 0.1) is 0 Å². The molecule has 2 N–H and O–H groups in total. The summed E-state index contributed by atoms with van der Waals surface area (Å²) in [5, 5.41) is 11.8. The molecule has 2 amide bonds. The molecule has 1 heterocycles. The number of nitrogens with one attached hydrogen (secondary N) is 1. The third-order valence-electron chi connectivity index (χ3n) is 3.67. The Labute approximate surface area is 128 Å². The van der Waals surface area contributed by atoms with Gasteiger partial charge in [-0.25, -0.2) is 0 Å². The molecule has 0 spiro atoms. The molecule has 112 valence electrons. The molecule has 0 aromatic heterocycles. The van der Waals surface area contributed by atoms with Crippen LogP contribution in [0.15, 0.2) is 48.5 Å². The van der Waals surface area contributed by atoms with Crippen LogP contribution in [0.5, 0.6) is 5.75 Å². The predicted molar refractivity (Wildman–Crippen MR) is 83.9 cm³/mol. The largest absolute Gasteiger partial charge is 0.508 e. The Bertz CT molecular complexity index is 710. The molecule has 2 aromatic carbocycles. The average Bonchev–Trinajstić information content (AvgIpc) is 2.55. The van der Waals surface area contributed by atoms with E-state index in [0.29, 0.717) is 12.2 Å². The summed E-state index contributed by atoms with van der Waals surface area (Å²) in [6.45, 7) is 0.541. The van der Waals surface area contributed by atoms with E-state index in [1.165, 1.54) is 17.0 Å². The summed E-state index contributed by atoms with van der Waals surface area (Å²) >= 11 is 0. The van der Waals surface area contributed by atoms with E-state index in [2.05, 4.69) is 5.32 Å². The number of hydrogen-bond donors (Lipinski definition) is 2. The number of fused-ring (bicyclic) bond motifs is 1. The number of benzene rings is 2. The first-order valence-electron chi connectivity index (χ1n) is 7.15. The molecule has 1 aliphatic rings. The fraction of sp³-hybridized carbons (Fsp3) is 0.176. The molecule has 0 atom stereocenters. The lowest BCUT2D eigenvalue weighted by molar-refractivity contribution is -0.134. The number of anilines is 2. The number of carbonyl (C=O) groups is 2. The van der Waals surface area contributed by atoms with Gasteiger partial charge in [-0.1, -0.05) is 18.2 Å². The molecule has 3 rings (SSSR count). The van der Waals surface area contributed by atoms with Gasteiger partial charge in [-0.15, -0.1) is 0 Å². The lowest BCUT2D eigenvalue weighted by Gasteiger charge is -2.28. The zero-order valence-electron chi connectivity index (χ0n) is 12.0. The second kappa shape index (κ2) is 5.89. The highest BCUT2D eigenvalue weighted by molar-refractivity contribution is 6.44. The molecule has 1 aliphatic heterocycles. The minimum absolute atomic E-state index is 0.106. The SMILES string of the molecule is O=C(Nc1ccc(O)cc1)C(=O)N1CCCc2ccccc21. The lowest BCUT2D eigenvalue weighted by atomic mass is 10.0. The Morgan fingerprint density at radius 3 is 2.55 bits per heavy atom. The third-order valence-corrected chi connectivity index (χ3v) is 3.67. The van der Waals surface area contributed by atoms with Gasteiger partial charge in [0.25, 0.3) is 0 Å². The maximum Gasteiger partial charge on any atom is 0.316 e. The molecule has 0 bridgehead atoms. The first-order valence-corrected chi connectivity index (χ1v) is 7.15. The number of nitrogens with zero attached hydrogens (tertiary/aromatic N) is 1. The fourth-order valence-electron chi connectivity index (χ4n) is 2.60. The number of aromatic hydroxyl groups is 1. The second-order valence-corrected chi connectivity index (χ2v) is 5.19. The first-order chi connectivity index (χ1) is 10.6. The van der Waals surface area contributed by atoms with E-state index in [4.69, 9.17) is 0 Å². The highest BCUT2D eigenvalue weighted by atomic mass is 16.3. The molecule has 0 unspecified atom stereocenters. The van der Waals surface area contributed by atoms with Gasteiger partial charge >= 0.3 is 11.8 Å². The summed E-state index contributed by atoms with van der Waals surface area (Å²) in [5.41, 5.74) is 2.36. The average molecular weight is 296 g/mol. The molecular weight excluding hydrogens is 280 g/mol. The lowest BCUT2D eigenvalue weighted by Crippen LogP contribution is -2.42. The molecule has 5 nitrogen and oxygen atoms in total. The monoisotopic (exact) mass is 296 g/mol. The molecular formula is C17H16N2O3. The van der Waals surface area contributed by atoms with E-state index in [0.717, 1.165) is 24.1 Å². The zero-order chi connectivity index (χ0) is 15.5. The standard InChI is InChI=1S/C17H16N2O3/c20-14-9-7-13(8-10-14)18-16(21)17(22)19-11-3-5-12-4-1-2-6-15(12)19/h1-2,4,6-10,20H,3,5,11H2,(H,18,21). The molecule has 2 aromatic rings. The number of hydrogen-bond acceptors (Lipinski definition) is 3. The van der Waals surface area contributed by atoms with Crippen LogP contribution in [0.4, 0.5) is 11.4 Å². The van der Waals surface area contributed by atoms with E-state index in [1.807, 2.05) is 24.3 Å². The summed E-state index contributed by atoms with van der Waals surface area (Å²) in [4.78, 5) is 26.1. The minimum atomic E-state index is -0.678. The topological polar surface area (TPSA) is 69.6 Å². The van der Waals surface area contributed by atoms with Crippen molar-refractivity contribution in [3.05, 3.63) is 54.1 Å². The predicted octanol–water partition coefficient (Wildman–Crippen LogP) is 2.31. The molecule has 0 saturated heterocycles. The van der Waals surface area contributed by atoms with E-state index in [-0.39, 0.29) is 5.75 Å². The second-order valence-electron chi connectivity index (χ2n) is 5.19. The van der Waals surface area contributed by atoms with Crippen LogP contribution >= 0.6 is 0 Å². The van der Waals surface area contributed by atoms with Crippen molar-refractivity contribution in [2.45, 2.75) is 12.8 Å².